The summed E-state index contributed by atoms with van der Waals surface area (Å²) in [5.41, 5.74) is -1.18. The SMILES string of the molecule is CC(C)(C)C(COC(=O)NCC1CC1)NC(=O)NC(C(=O)N1CC2C(C1C(=O)NC(CCC1CC1)C(=O)C(=O)NC1CC1)C2(C)C)C1(C)CCCCC1. The van der Waals surface area contributed by atoms with E-state index in [2.05, 4.69) is 40.4 Å². The molecule has 1 heterocycles. The number of hydrogen-bond acceptors (Lipinski definition) is 7. The van der Waals surface area contributed by atoms with E-state index in [0.29, 0.717) is 31.3 Å². The number of Topliss-reactive ketones (excluding diaryl/α,β-unsaturated/α-hetero) is 1. The van der Waals surface area contributed by atoms with E-state index in [1.54, 1.807) is 4.90 Å². The lowest BCUT2D eigenvalue weighted by molar-refractivity contribution is -0.146. The van der Waals surface area contributed by atoms with Crippen LogP contribution in [0.5, 0.6) is 0 Å². The van der Waals surface area contributed by atoms with Gasteiger partial charge in [-0.25, -0.2) is 9.59 Å². The van der Waals surface area contributed by atoms with Crippen LogP contribution in [0.1, 0.15) is 125 Å². The molecule has 6 aliphatic rings. The van der Waals surface area contributed by atoms with Crippen molar-refractivity contribution >= 4 is 35.6 Å². The normalized spacial score (nSPS) is 27.3. The molecule has 5 saturated carbocycles. The molecule has 5 aliphatic carbocycles. The molecule has 6 amide bonds. The van der Waals surface area contributed by atoms with E-state index in [1.807, 2.05) is 27.7 Å². The van der Waals surface area contributed by atoms with E-state index < -0.39 is 64.7 Å². The van der Waals surface area contributed by atoms with Crippen LogP contribution in [-0.2, 0) is 23.9 Å². The number of fused-ring (bicyclic) bond motifs is 1. The Kier molecular flexibility index (Phi) is 11.4. The number of ether oxygens (including phenoxy) is 1. The van der Waals surface area contributed by atoms with Crippen LogP contribution in [0.25, 0.3) is 0 Å². The zero-order chi connectivity index (χ0) is 38.3. The van der Waals surface area contributed by atoms with Gasteiger partial charge >= 0.3 is 12.1 Å². The van der Waals surface area contributed by atoms with Crippen LogP contribution in [0.15, 0.2) is 0 Å². The molecule has 0 aromatic heterocycles. The molecular formula is C40H64N6O7. The Balaban J connectivity index is 1.17. The van der Waals surface area contributed by atoms with Crippen LogP contribution in [-0.4, -0.2) is 90.4 Å². The van der Waals surface area contributed by atoms with Crippen molar-refractivity contribution in [2.45, 2.75) is 155 Å². The van der Waals surface area contributed by atoms with Crippen molar-refractivity contribution < 1.29 is 33.5 Å². The molecule has 13 heteroatoms. The van der Waals surface area contributed by atoms with E-state index >= 15 is 0 Å². The van der Waals surface area contributed by atoms with Gasteiger partial charge < -0.3 is 36.2 Å². The summed E-state index contributed by atoms with van der Waals surface area (Å²) in [7, 11) is 0. The molecule has 0 aromatic rings. The lowest BCUT2D eigenvalue weighted by Crippen LogP contribution is -2.63. The van der Waals surface area contributed by atoms with Crippen molar-refractivity contribution in [1.82, 2.24) is 31.5 Å². The van der Waals surface area contributed by atoms with E-state index in [-0.39, 0.29) is 35.8 Å². The third kappa shape index (κ3) is 9.65. The van der Waals surface area contributed by atoms with Crippen molar-refractivity contribution in [3.63, 3.8) is 0 Å². The summed E-state index contributed by atoms with van der Waals surface area (Å²) in [4.78, 5) is 83.4. The fourth-order valence-corrected chi connectivity index (χ4v) is 8.74. The highest BCUT2D eigenvalue weighted by Crippen LogP contribution is 2.65. The Bertz CT molecular complexity index is 1420. The molecule has 296 valence electrons. The second-order valence-electron chi connectivity index (χ2n) is 19.2. The maximum Gasteiger partial charge on any atom is 0.407 e. The number of ketones is 1. The first kappa shape index (κ1) is 39.3. The number of carbonyl (C=O) groups is 6. The number of rotatable bonds is 16. The Labute approximate surface area is 315 Å². The molecule has 6 rings (SSSR count). The molecule has 6 unspecified atom stereocenters. The van der Waals surface area contributed by atoms with Crippen LogP contribution in [0.4, 0.5) is 9.59 Å². The van der Waals surface area contributed by atoms with E-state index in [1.165, 1.54) is 0 Å². The quantitative estimate of drug-likeness (QED) is 0.148. The summed E-state index contributed by atoms with van der Waals surface area (Å²) in [6.07, 6.45) is 11.1. The van der Waals surface area contributed by atoms with Gasteiger partial charge in [-0.1, -0.05) is 73.6 Å². The van der Waals surface area contributed by atoms with Gasteiger partial charge in [0.1, 0.15) is 18.7 Å². The average molecular weight is 741 g/mol. The molecular weight excluding hydrogens is 676 g/mol. The summed E-state index contributed by atoms with van der Waals surface area (Å²) < 4.78 is 5.51. The van der Waals surface area contributed by atoms with Crippen molar-refractivity contribution in [2.24, 2.45) is 39.9 Å². The Morgan fingerprint density at radius 1 is 0.849 bits per heavy atom. The molecule has 0 radical (unpaired) electrons. The lowest BCUT2D eigenvalue weighted by Gasteiger charge is -2.43. The second kappa shape index (κ2) is 15.4. The van der Waals surface area contributed by atoms with Crippen molar-refractivity contribution in [1.29, 1.82) is 0 Å². The highest BCUT2D eigenvalue weighted by atomic mass is 16.5. The number of hydrogen-bond donors (Lipinski definition) is 5. The number of amides is 6. The third-order valence-electron chi connectivity index (χ3n) is 13.3. The van der Waals surface area contributed by atoms with Gasteiger partial charge in [0.25, 0.3) is 5.91 Å². The molecule has 6 fully saturated rings. The van der Waals surface area contributed by atoms with Crippen molar-refractivity contribution in [3.05, 3.63) is 0 Å². The number of nitrogens with zero attached hydrogens (tertiary/aromatic N) is 1. The van der Waals surface area contributed by atoms with Crippen LogP contribution in [0.2, 0.25) is 0 Å². The highest BCUT2D eigenvalue weighted by Gasteiger charge is 2.70. The average Bonchev–Trinajstić information content (AvgIpc) is 3.91. The number of carbonyl (C=O) groups excluding carboxylic acids is 6. The zero-order valence-electron chi connectivity index (χ0n) is 32.8. The van der Waals surface area contributed by atoms with Gasteiger partial charge in [0.2, 0.25) is 17.6 Å². The Hall–Kier alpha value is -3.38. The van der Waals surface area contributed by atoms with Crippen LogP contribution in [0.3, 0.4) is 0 Å². The Morgan fingerprint density at radius 3 is 2.11 bits per heavy atom. The van der Waals surface area contributed by atoms with Gasteiger partial charge in [0.05, 0.1) is 12.1 Å². The first-order chi connectivity index (χ1) is 25.0. The first-order valence-electron chi connectivity index (χ1n) is 20.4. The van der Waals surface area contributed by atoms with Crippen LogP contribution >= 0.6 is 0 Å². The van der Waals surface area contributed by atoms with Gasteiger partial charge in [-0.05, 0) is 91.3 Å². The predicted molar refractivity (Wildman–Crippen MR) is 198 cm³/mol. The fraction of sp³-hybridized carbons (Fsp3) is 0.850. The Morgan fingerprint density at radius 2 is 1.51 bits per heavy atom. The second-order valence-corrected chi connectivity index (χ2v) is 19.2. The largest absolute Gasteiger partial charge is 0.447 e. The highest BCUT2D eigenvalue weighted by molar-refractivity contribution is 6.38. The molecule has 0 aromatic carbocycles. The molecule has 1 aliphatic heterocycles. The van der Waals surface area contributed by atoms with Gasteiger partial charge in [0.15, 0.2) is 0 Å². The van der Waals surface area contributed by atoms with Crippen LogP contribution < -0.4 is 26.6 Å². The van der Waals surface area contributed by atoms with Gasteiger partial charge in [-0.15, -0.1) is 0 Å². The van der Waals surface area contributed by atoms with Crippen LogP contribution in [0, 0.1) is 39.9 Å². The van der Waals surface area contributed by atoms with Crippen molar-refractivity contribution in [3.8, 4) is 0 Å². The third-order valence-corrected chi connectivity index (χ3v) is 13.3. The molecule has 53 heavy (non-hydrogen) atoms. The van der Waals surface area contributed by atoms with Gasteiger partial charge in [-0.2, -0.15) is 0 Å². The number of nitrogens with one attached hydrogen (secondary N) is 5. The minimum absolute atomic E-state index is 0.0210. The van der Waals surface area contributed by atoms with Crippen molar-refractivity contribution in [2.75, 3.05) is 19.7 Å². The maximum atomic E-state index is 14.9. The fourth-order valence-electron chi connectivity index (χ4n) is 8.74. The summed E-state index contributed by atoms with van der Waals surface area (Å²) >= 11 is 0. The summed E-state index contributed by atoms with van der Waals surface area (Å²) in [5, 5.41) is 14.6. The monoisotopic (exact) mass is 740 g/mol. The summed E-state index contributed by atoms with van der Waals surface area (Å²) in [6.45, 7) is 13.0. The predicted octanol–water partition coefficient (Wildman–Crippen LogP) is 4.18. The number of alkyl carbamates (subject to hydrolysis) is 1. The number of piperidine rings is 1. The van der Waals surface area contributed by atoms with Gasteiger partial charge in [-0.3, -0.25) is 19.2 Å². The lowest BCUT2D eigenvalue weighted by atomic mass is 9.70. The number of urea groups is 1. The van der Waals surface area contributed by atoms with E-state index in [0.717, 1.165) is 77.0 Å². The number of likely N-dealkylation sites (tertiary alicyclic amines) is 1. The minimum Gasteiger partial charge on any atom is -0.447 e. The topological polar surface area (TPSA) is 175 Å². The summed E-state index contributed by atoms with van der Waals surface area (Å²) in [6, 6.07) is -3.73. The van der Waals surface area contributed by atoms with Gasteiger partial charge in [0, 0.05) is 19.1 Å². The zero-order valence-corrected chi connectivity index (χ0v) is 32.8. The minimum atomic E-state index is -0.956. The molecule has 5 N–H and O–H groups in total. The molecule has 1 saturated heterocycles. The molecule has 6 atom stereocenters. The summed E-state index contributed by atoms with van der Waals surface area (Å²) in [5.74, 6) is -0.986. The van der Waals surface area contributed by atoms with E-state index in [9.17, 15) is 28.8 Å². The molecule has 0 spiro atoms. The standard InChI is InChI=1S/C40H64N6O7/c1-38(2,3)28(22-53-37(52)41-20-24-12-13-24)44-36(51)45-32(40(6)18-8-7-9-19-40)35(50)46-21-26-29(39(26,4)5)30(46)33(48)43-27(17-14-23-10-11-23)31(47)34(49)42-25-15-16-25/h23-30,32H,7-22H2,1-6H3,(H,41,52)(H,42,49)(H,43,48)(H2,44,45,51). The molecule has 0 bridgehead atoms. The smallest absolute Gasteiger partial charge is 0.407 e. The van der Waals surface area contributed by atoms with E-state index in [4.69, 9.17) is 4.74 Å². The maximum absolute atomic E-state index is 14.9. The first-order valence-corrected chi connectivity index (χ1v) is 20.4. The molecule has 13 nitrogen and oxygen atoms in total.